The zero-order valence-electron chi connectivity index (χ0n) is 12.1. The Kier molecular flexibility index (Phi) is 6.21. The molecule has 0 spiro atoms. The summed E-state index contributed by atoms with van der Waals surface area (Å²) in [6.45, 7) is 8.40. The summed E-state index contributed by atoms with van der Waals surface area (Å²) in [7, 11) is -3.30. The van der Waals surface area contributed by atoms with Crippen LogP contribution in [-0.2, 0) is 13.6 Å². The van der Waals surface area contributed by atoms with E-state index in [-0.39, 0.29) is 0 Å². The molecule has 1 aromatic carbocycles. The molecule has 0 fully saturated rings. The first-order valence-electron chi connectivity index (χ1n) is 6.68. The molecule has 19 heavy (non-hydrogen) atoms. The van der Waals surface area contributed by atoms with Gasteiger partial charge in [0.25, 0.3) is 0 Å². The Bertz CT molecular complexity index is 438. The van der Waals surface area contributed by atoms with Gasteiger partial charge in [0.2, 0.25) is 0 Å². The molecular formula is C14H24NO3P. The monoisotopic (exact) mass is 285 g/mol. The van der Waals surface area contributed by atoms with Crippen LogP contribution in [0.5, 0.6) is 0 Å². The highest BCUT2D eigenvalue weighted by Crippen LogP contribution is 2.58. The van der Waals surface area contributed by atoms with Gasteiger partial charge in [-0.1, -0.05) is 38.1 Å². The molecule has 0 aliphatic carbocycles. The summed E-state index contributed by atoms with van der Waals surface area (Å²) in [5.41, 5.74) is 8.05. The van der Waals surface area contributed by atoms with Gasteiger partial charge in [0.05, 0.1) is 13.2 Å². The van der Waals surface area contributed by atoms with Gasteiger partial charge in [-0.15, -0.1) is 0 Å². The number of benzene rings is 1. The Morgan fingerprint density at radius 2 is 1.68 bits per heavy atom. The van der Waals surface area contributed by atoms with Gasteiger partial charge in [0.15, 0.2) is 0 Å². The first kappa shape index (κ1) is 16.4. The van der Waals surface area contributed by atoms with Crippen molar-refractivity contribution in [2.24, 2.45) is 5.73 Å². The quantitative estimate of drug-likeness (QED) is 0.768. The lowest BCUT2D eigenvalue weighted by Crippen LogP contribution is -2.15. The molecule has 0 aromatic heterocycles. The van der Waals surface area contributed by atoms with Gasteiger partial charge in [0.1, 0.15) is 5.78 Å². The zero-order valence-corrected chi connectivity index (χ0v) is 13.0. The molecule has 0 bridgehead atoms. The fourth-order valence-corrected chi connectivity index (χ4v) is 3.48. The lowest BCUT2D eigenvalue weighted by Gasteiger charge is -2.24. The van der Waals surface area contributed by atoms with E-state index in [9.17, 15) is 4.57 Å². The third-order valence-electron chi connectivity index (χ3n) is 2.88. The van der Waals surface area contributed by atoms with E-state index in [1.807, 2.05) is 24.3 Å². The summed E-state index contributed by atoms with van der Waals surface area (Å²) in [6.07, 6.45) is 0. The molecule has 0 radical (unpaired) electrons. The molecular weight excluding hydrogens is 261 g/mol. The minimum Gasteiger partial charge on any atom is -0.314 e. The molecule has 0 aliphatic heterocycles. The lowest BCUT2D eigenvalue weighted by molar-refractivity contribution is 0.212. The molecule has 2 N–H and O–H groups in total. The predicted octanol–water partition coefficient (Wildman–Crippen LogP) is 4.03. The summed E-state index contributed by atoms with van der Waals surface area (Å²) in [5, 5.41) is 0. The van der Waals surface area contributed by atoms with Crippen molar-refractivity contribution in [1.29, 1.82) is 0 Å². The standard InChI is InChI=1S/C14H24NO3P/c1-5-17-19(16,18-6-2)14(15)13-9-7-8-12(10-13)11(3)4/h7-11,14H,5-6,15H2,1-4H3/t14-/m1/s1. The molecule has 1 aromatic rings. The van der Waals surface area contributed by atoms with Crippen LogP contribution in [0, 0.1) is 0 Å². The van der Waals surface area contributed by atoms with E-state index in [4.69, 9.17) is 14.8 Å². The normalized spacial score (nSPS) is 13.8. The van der Waals surface area contributed by atoms with Crippen molar-refractivity contribution in [2.45, 2.75) is 39.4 Å². The van der Waals surface area contributed by atoms with Crippen molar-refractivity contribution < 1.29 is 13.6 Å². The average Bonchev–Trinajstić information content (AvgIpc) is 2.38. The van der Waals surface area contributed by atoms with E-state index >= 15 is 0 Å². The molecule has 1 atom stereocenters. The molecule has 0 saturated heterocycles. The second-order valence-corrected chi connectivity index (χ2v) is 6.80. The molecule has 108 valence electrons. The van der Waals surface area contributed by atoms with Gasteiger partial charge < -0.3 is 14.8 Å². The molecule has 0 saturated carbocycles. The average molecular weight is 285 g/mol. The van der Waals surface area contributed by atoms with Crippen LogP contribution in [0.4, 0.5) is 0 Å². The number of nitrogens with two attached hydrogens (primary N) is 1. The Morgan fingerprint density at radius 3 is 2.16 bits per heavy atom. The van der Waals surface area contributed by atoms with Crippen LogP contribution in [0.2, 0.25) is 0 Å². The number of rotatable bonds is 7. The Morgan fingerprint density at radius 1 is 1.16 bits per heavy atom. The first-order valence-corrected chi connectivity index (χ1v) is 8.30. The minimum atomic E-state index is -3.30. The Hall–Kier alpha value is -0.670. The third-order valence-corrected chi connectivity index (χ3v) is 5.09. The van der Waals surface area contributed by atoms with Crippen molar-refractivity contribution in [3.8, 4) is 0 Å². The molecule has 1 rings (SSSR count). The van der Waals surface area contributed by atoms with Crippen molar-refractivity contribution in [3.05, 3.63) is 35.4 Å². The van der Waals surface area contributed by atoms with E-state index in [1.165, 1.54) is 0 Å². The second-order valence-electron chi connectivity index (χ2n) is 4.65. The maximum Gasteiger partial charge on any atom is 0.351 e. The van der Waals surface area contributed by atoms with E-state index in [1.54, 1.807) is 13.8 Å². The lowest BCUT2D eigenvalue weighted by atomic mass is 10.0. The van der Waals surface area contributed by atoms with Crippen LogP contribution >= 0.6 is 7.60 Å². The maximum atomic E-state index is 12.6. The molecule has 0 aliphatic rings. The third kappa shape index (κ3) is 4.15. The number of hydrogen-bond acceptors (Lipinski definition) is 4. The number of hydrogen-bond donors (Lipinski definition) is 1. The summed E-state index contributed by atoms with van der Waals surface area (Å²) >= 11 is 0. The van der Waals surface area contributed by atoms with Crippen LogP contribution in [-0.4, -0.2) is 13.2 Å². The van der Waals surface area contributed by atoms with E-state index in [2.05, 4.69) is 13.8 Å². The Labute approximate surface area is 115 Å². The van der Waals surface area contributed by atoms with Gasteiger partial charge in [-0.2, -0.15) is 0 Å². The van der Waals surface area contributed by atoms with Gasteiger partial charge in [-0.3, -0.25) is 4.57 Å². The van der Waals surface area contributed by atoms with Crippen LogP contribution in [0.3, 0.4) is 0 Å². The van der Waals surface area contributed by atoms with E-state index in [0.717, 1.165) is 11.1 Å². The van der Waals surface area contributed by atoms with Gasteiger partial charge in [-0.05, 0) is 30.9 Å². The van der Waals surface area contributed by atoms with Gasteiger partial charge in [0, 0.05) is 0 Å². The van der Waals surface area contributed by atoms with Crippen LogP contribution in [0.1, 0.15) is 50.5 Å². The fraction of sp³-hybridized carbons (Fsp3) is 0.571. The SMILES string of the molecule is CCOP(=O)(OCC)[C@@H](N)c1cccc(C(C)C)c1. The van der Waals surface area contributed by atoms with Crippen LogP contribution < -0.4 is 5.73 Å². The van der Waals surface area contributed by atoms with E-state index in [0.29, 0.717) is 19.1 Å². The molecule has 4 nitrogen and oxygen atoms in total. The zero-order chi connectivity index (χ0) is 14.5. The molecule has 0 heterocycles. The predicted molar refractivity (Wildman–Crippen MR) is 78.3 cm³/mol. The highest BCUT2D eigenvalue weighted by Gasteiger charge is 2.33. The fourth-order valence-electron chi connectivity index (χ4n) is 1.84. The minimum absolute atomic E-state index is 0.314. The first-order chi connectivity index (χ1) is 8.94. The molecule has 0 unspecified atom stereocenters. The topological polar surface area (TPSA) is 61.5 Å². The van der Waals surface area contributed by atoms with Gasteiger partial charge in [-0.25, -0.2) is 0 Å². The maximum absolute atomic E-state index is 12.6. The summed E-state index contributed by atoms with van der Waals surface area (Å²) in [5.74, 6) is -0.350. The second kappa shape index (κ2) is 7.20. The van der Waals surface area contributed by atoms with Gasteiger partial charge >= 0.3 is 7.60 Å². The van der Waals surface area contributed by atoms with Crippen molar-refractivity contribution in [3.63, 3.8) is 0 Å². The summed E-state index contributed by atoms with van der Waals surface area (Å²) in [6, 6.07) is 7.79. The van der Waals surface area contributed by atoms with Crippen molar-refractivity contribution in [2.75, 3.05) is 13.2 Å². The smallest absolute Gasteiger partial charge is 0.314 e. The highest BCUT2D eigenvalue weighted by molar-refractivity contribution is 7.54. The summed E-state index contributed by atoms with van der Waals surface area (Å²) in [4.78, 5) is 0. The molecule has 5 heteroatoms. The van der Waals surface area contributed by atoms with Crippen molar-refractivity contribution >= 4 is 7.60 Å². The van der Waals surface area contributed by atoms with Crippen LogP contribution in [0.25, 0.3) is 0 Å². The largest absolute Gasteiger partial charge is 0.351 e. The highest BCUT2D eigenvalue weighted by atomic mass is 31.2. The molecule has 0 amide bonds. The van der Waals surface area contributed by atoms with E-state index < -0.39 is 13.4 Å². The van der Waals surface area contributed by atoms with Crippen LogP contribution in [0.15, 0.2) is 24.3 Å². The summed E-state index contributed by atoms with van der Waals surface area (Å²) < 4.78 is 23.2. The van der Waals surface area contributed by atoms with Crippen molar-refractivity contribution in [1.82, 2.24) is 0 Å². The Balaban J connectivity index is 3.05.